The maximum absolute atomic E-state index is 4.63. The van der Waals surface area contributed by atoms with Gasteiger partial charge < -0.3 is 10.3 Å². The first-order chi connectivity index (χ1) is 9.81. The Morgan fingerprint density at radius 1 is 1.30 bits per heavy atom. The van der Waals surface area contributed by atoms with Gasteiger partial charge in [0, 0.05) is 17.8 Å². The van der Waals surface area contributed by atoms with Gasteiger partial charge in [-0.2, -0.15) is 0 Å². The number of nitrogens with one attached hydrogen (secondary N) is 2. The Hall–Kier alpha value is -1.00. The molecule has 108 valence electrons. The van der Waals surface area contributed by atoms with Crippen LogP contribution in [0.1, 0.15) is 39.0 Å². The largest absolute Gasteiger partial charge is 0.333 e. The molecule has 4 heteroatoms. The summed E-state index contributed by atoms with van der Waals surface area (Å²) in [5, 5.41) is 5.28. The molecule has 3 nitrogen and oxygen atoms in total. The molecule has 1 aromatic heterocycles. The van der Waals surface area contributed by atoms with Gasteiger partial charge >= 0.3 is 0 Å². The number of aromatic nitrogens is 2. The summed E-state index contributed by atoms with van der Waals surface area (Å²) in [5.74, 6) is 0. The molecule has 1 aliphatic carbocycles. The number of aromatic amines is 1. The van der Waals surface area contributed by atoms with Crippen molar-refractivity contribution in [3.05, 3.63) is 24.3 Å². The molecule has 0 radical (unpaired) electrons. The van der Waals surface area contributed by atoms with Crippen molar-refractivity contribution in [3.8, 4) is 0 Å². The predicted molar refractivity (Wildman–Crippen MR) is 86.3 cm³/mol. The second kappa shape index (κ2) is 6.64. The number of benzene rings is 1. The Morgan fingerprint density at radius 3 is 2.90 bits per heavy atom. The van der Waals surface area contributed by atoms with Crippen molar-refractivity contribution in [1.82, 2.24) is 15.3 Å². The van der Waals surface area contributed by atoms with Gasteiger partial charge in [0.25, 0.3) is 0 Å². The normalized spacial score (nSPS) is 18.4. The minimum Gasteiger partial charge on any atom is -0.333 e. The molecule has 2 N–H and O–H groups in total. The van der Waals surface area contributed by atoms with Crippen LogP contribution >= 0.6 is 11.8 Å². The van der Waals surface area contributed by atoms with Crippen molar-refractivity contribution >= 4 is 22.8 Å². The monoisotopic (exact) mass is 289 g/mol. The average Bonchev–Trinajstić information content (AvgIpc) is 2.88. The van der Waals surface area contributed by atoms with Crippen molar-refractivity contribution in [2.75, 3.05) is 6.54 Å². The quantitative estimate of drug-likeness (QED) is 0.818. The Balaban J connectivity index is 1.51. The number of fused-ring (bicyclic) bond motifs is 1. The third-order valence-electron chi connectivity index (χ3n) is 3.98. The van der Waals surface area contributed by atoms with E-state index in [4.69, 9.17) is 0 Å². The molecule has 0 aliphatic heterocycles. The van der Waals surface area contributed by atoms with Gasteiger partial charge in [-0.05, 0) is 25.0 Å². The molecule has 1 aromatic carbocycles. The van der Waals surface area contributed by atoms with Crippen LogP contribution in [0.5, 0.6) is 0 Å². The van der Waals surface area contributed by atoms with Crippen LogP contribution < -0.4 is 5.32 Å². The molecule has 3 rings (SSSR count). The molecule has 20 heavy (non-hydrogen) atoms. The SMILES string of the molecule is CC(CNC1CCCCC1)Sc1nc2ccccc2[nH]1. The van der Waals surface area contributed by atoms with Crippen molar-refractivity contribution < 1.29 is 0 Å². The highest BCUT2D eigenvalue weighted by Gasteiger charge is 2.14. The van der Waals surface area contributed by atoms with Crippen molar-refractivity contribution in [3.63, 3.8) is 0 Å². The fourth-order valence-electron chi connectivity index (χ4n) is 2.86. The first-order valence-corrected chi connectivity index (χ1v) is 8.54. The summed E-state index contributed by atoms with van der Waals surface area (Å²) >= 11 is 1.83. The molecule has 0 spiro atoms. The molecular formula is C16H23N3S. The van der Waals surface area contributed by atoms with Crippen molar-refractivity contribution in [2.24, 2.45) is 0 Å². The van der Waals surface area contributed by atoms with Crippen LogP contribution in [-0.2, 0) is 0 Å². The van der Waals surface area contributed by atoms with E-state index < -0.39 is 0 Å². The van der Waals surface area contributed by atoms with Gasteiger partial charge in [0.05, 0.1) is 11.0 Å². The number of nitrogens with zero attached hydrogens (tertiary/aromatic N) is 1. The van der Waals surface area contributed by atoms with Gasteiger partial charge in [-0.1, -0.05) is 50.1 Å². The Morgan fingerprint density at radius 2 is 2.10 bits per heavy atom. The first kappa shape index (κ1) is 14.0. The van der Waals surface area contributed by atoms with E-state index in [0.717, 1.165) is 28.8 Å². The lowest BCUT2D eigenvalue weighted by Crippen LogP contribution is -2.35. The Kier molecular flexibility index (Phi) is 4.63. The van der Waals surface area contributed by atoms with Crippen LogP contribution in [0.25, 0.3) is 11.0 Å². The third-order valence-corrected chi connectivity index (χ3v) is 4.97. The molecule has 1 saturated carbocycles. The van der Waals surface area contributed by atoms with Gasteiger partial charge in [0.2, 0.25) is 0 Å². The van der Waals surface area contributed by atoms with Crippen LogP contribution in [0.3, 0.4) is 0 Å². The van der Waals surface area contributed by atoms with E-state index >= 15 is 0 Å². The fraction of sp³-hybridized carbons (Fsp3) is 0.562. The molecule has 1 heterocycles. The summed E-state index contributed by atoms with van der Waals surface area (Å²) < 4.78 is 0. The van der Waals surface area contributed by atoms with Gasteiger partial charge in [-0.25, -0.2) is 4.98 Å². The number of thioether (sulfide) groups is 1. The molecule has 1 fully saturated rings. The number of hydrogen-bond donors (Lipinski definition) is 2. The van der Waals surface area contributed by atoms with Gasteiger partial charge in [-0.15, -0.1) is 0 Å². The highest BCUT2D eigenvalue weighted by atomic mass is 32.2. The molecule has 0 bridgehead atoms. The molecule has 0 saturated heterocycles. The number of H-pyrrole nitrogens is 1. The third kappa shape index (κ3) is 3.55. The van der Waals surface area contributed by atoms with E-state index in [2.05, 4.69) is 34.3 Å². The lowest BCUT2D eigenvalue weighted by atomic mass is 9.95. The lowest BCUT2D eigenvalue weighted by Gasteiger charge is -2.24. The molecule has 1 atom stereocenters. The fourth-order valence-corrected chi connectivity index (χ4v) is 3.74. The van der Waals surface area contributed by atoms with Gasteiger partial charge in [0.1, 0.15) is 0 Å². The summed E-state index contributed by atoms with van der Waals surface area (Å²) in [7, 11) is 0. The molecule has 0 amide bonds. The topological polar surface area (TPSA) is 40.7 Å². The minimum absolute atomic E-state index is 0.539. The summed E-state index contributed by atoms with van der Waals surface area (Å²) in [6.07, 6.45) is 6.90. The zero-order chi connectivity index (χ0) is 13.8. The summed E-state index contributed by atoms with van der Waals surface area (Å²) in [6, 6.07) is 8.95. The maximum Gasteiger partial charge on any atom is 0.166 e. The van der Waals surface area contributed by atoms with E-state index in [1.807, 2.05) is 23.9 Å². The van der Waals surface area contributed by atoms with Gasteiger partial charge in [-0.3, -0.25) is 0 Å². The Labute approximate surface area is 124 Å². The number of imidazole rings is 1. The van der Waals surface area contributed by atoms with E-state index in [0.29, 0.717) is 5.25 Å². The first-order valence-electron chi connectivity index (χ1n) is 7.66. The van der Waals surface area contributed by atoms with Crippen LogP contribution in [0, 0.1) is 0 Å². The average molecular weight is 289 g/mol. The zero-order valence-corrected chi connectivity index (χ0v) is 12.9. The predicted octanol–water partition coefficient (Wildman–Crippen LogP) is 3.97. The van der Waals surface area contributed by atoms with Crippen LogP contribution in [0.15, 0.2) is 29.4 Å². The zero-order valence-electron chi connectivity index (χ0n) is 12.1. The van der Waals surface area contributed by atoms with Gasteiger partial charge in [0.15, 0.2) is 5.16 Å². The lowest BCUT2D eigenvalue weighted by molar-refractivity contribution is 0.375. The molecule has 2 aromatic rings. The van der Waals surface area contributed by atoms with Crippen molar-refractivity contribution in [2.45, 2.75) is 55.5 Å². The number of para-hydroxylation sites is 2. The smallest absolute Gasteiger partial charge is 0.166 e. The maximum atomic E-state index is 4.63. The standard InChI is InChI=1S/C16H23N3S/c1-12(11-17-13-7-3-2-4-8-13)20-16-18-14-9-5-6-10-15(14)19-16/h5-6,9-10,12-13,17H,2-4,7-8,11H2,1H3,(H,18,19). The highest BCUT2D eigenvalue weighted by Crippen LogP contribution is 2.23. The number of hydrogen-bond acceptors (Lipinski definition) is 3. The summed E-state index contributed by atoms with van der Waals surface area (Å²) in [5.41, 5.74) is 2.19. The van der Waals surface area contributed by atoms with Crippen LogP contribution in [0.2, 0.25) is 0 Å². The van der Waals surface area contributed by atoms with E-state index in [1.165, 1.54) is 32.1 Å². The minimum atomic E-state index is 0.539. The molecule has 1 aliphatic rings. The molecular weight excluding hydrogens is 266 g/mol. The molecule has 1 unspecified atom stereocenters. The van der Waals surface area contributed by atoms with Crippen LogP contribution in [-0.4, -0.2) is 27.8 Å². The Bertz CT molecular complexity index is 512. The van der Waals surface area contributed by atoms with E-state index in [-0.39, 0.29) is 0 Å². The second-order valence-electron chi connectivity index (χ2n) is 5.73. The number of rotatable bonds is 5. The van der Waals surface area contributed by atoms with Crippen LogP contribution in [0.4, 0.5) is 0 Å². The van der Waals surface area contributed by atoms with E-state index in [9.17, 15) is 0 Å². The summed E-state index contributed by atoms with van der Waals surface area (Å²) in [4.78, 5) is 8.02. The van der Waals surface area contributed by atoms with Crippen molar-refractivity contribution in [1.29, 1.82) is 0 Å². The van der Waals surface area contributed by atoms with E-state index in [1.54, 1.807) is 0 Å². The highest BCUT2D eigenvalue weighted by molar-refractivity contribution is 7.99. The summed E-state index contributed by atoms with van der Waals surface area (Å²) in [6.45, 7) is 3.33. The second-order valence-corrected chi connectivity index (χ2v) is 7.16.